The van der Waals surface area contributed by atoms with E-state index in [2.05, 4.69) is 13.0 Å². The Labute approximate surface area is 213 Å². The van der Waals surface area contributed by atoms with Crippen molar-refractivity contribution < 1.29 is 27.4 Å². The molecular weight excluding hydrogens is 478 g/mol. The molecule has 194 valence electrons. The summed E-state index contributed by atoms with van der Waals surface area (Å²) in [6.07, 6.45) is 6.48. The van der Waals surface area contributed by atoms with E-state index in [1.54, 1.807) is 16.4 Å². The molecule has 7 nitrogen and oxygen atoms in total. The Kier molecular flexibility index (Phi) is 7.26. The molecule has 0 N–H and O–H groups in total. The third-order valence-electron chi connectivity index (χ3n) is 7.69. The number of hydrogen-bond donors (Lipinski definition) is 0. The van der Waals surface area contributed by atoms with E-state index in [9.17, 15) is 13.2 Å². The zero-order valence-electron chi connectivity index (χ0n) is 21.1. The number of ether oxygens (including phenoxy) is 3. The van der Waals surface area contributed by atoms with E-state index in [0.717, 1.165) is 56.2 Å². The summed E-state index contributed by atoms with van der Waals surface area (Å²) < 4.78 is 46.3. The quantitative estimate of drug-likeness (QED) is 0.474. The van der Waals surface area contributed by atoms with E-state index < -0.39 is 16.0 Å². The molecule has 0 spiro atoms. The summed E-state index contributed by atoms with van der Waals surface area (Å²) >= 11 is 0. The molecule has 0 radical (unpaired) electrons. The van der Waals surface area contributed by atoms with E-state index in [4.69, 9.17) is 14.2 Å². The number of benzene rings is 2. The van der Waals surface area contributed by atoms with Crippen LogP contribution in [0.15, 0.2) is 41.3 Å². The molecule has 0 aromatic heterocycles. The smallest absolute Gasteiger partial charge is 0.341 e. The number of carbonyl (C=O) groups is 1. The van der Waals surface area contributed by atoms with Gasteiger partial charge in [-0.25, -0.2) is 13.2 Å². The molecule has 1 unspecified atom stereocenters. The first-order valence-corrected chi connectivity index (χ1v) is 14.5. The minimum Gasteiger partial charge on any atom is -0.492 e. The van der Waals surface area contributed by atoms with Crippen molar-refractivity contribution in [1.29, 1.82) is 0 Å². The van der Waals surface area contributed by atoms with Crippen LogP contribution in [0.3, 0.4) is 0 Å². The molecule has 2 aromatic rings. The van der Waals surface area contributed by atoms with Crippen molar-refractivity contribution in [3.63, 3.8) is 0 Å². The zero-order valence-corrected chi connectivity index (χ0v) is 21.9. The molecule has 2 fully saturated rings. The summed E-state index contributed by atoms with van der Waals surface area (Å²) in [7, 11) is -2.62. The monoisotopic (exact) mass is 513 g/mol. The van der Waals surface area contributed by atoms with Crippen molar-refractivity contribution >= 4 is 21.7 Å². The number of anilines is 1. The molecule has 3 aliphatic rings. The number of rotatable bonds is 8. The first-order valence-electron chi connectivity index (χ1n) is 13.0. The van der Waals surface area contributed by atoms with Crippen LogP contribution in [0.25, 0.3) is 0 Å². The Hall–Kier alpha value is -2.58. The zero-order chi connectivity index (χ0) is 25.3. The Bertz CT molecular complexity index is 1220. The molecule has 2 heterocycles. The SMILES string of the molecule is CCc1ccc2c(c1)CCC(C1CC1)N2S(=O)(=O)c1ccc(OCC2CCOCC2)c(C(=O)OC)c1. The van der Waals surface area contributed by atoms with E-state index in [0.29, 0.717) is 37.4 Å². The van der Waals surface area contributed by atoms with Crippen molar-refractivity contribution in [1.82, 2.24) is 0 Å². The lowest BCUT2D eigenvalue weighted by Crippen LogP contribution is -2.45. The van der Waals surface area contributed by atoms with Crippen LogP contribution >= 0.6 is 0 Å². The topological polar surface area (TPSA) is 82.1 Å². The molecule has 1 saturated carbocycles. The van der Waals surface area contributed by atoms with E-state index >= 15 is 0 Å². The van der Waals surface area contributed by atoms with Gasteiger partial charge in [-0.15, -0.1) is 0 Å². The van der Waals surface area contributed by atoms with Crippen LogP contribution in [0.4, 0.5) is 5.69 Å². The largest absolute Gasteiger partial charge is 0.492 e. The molecule has 2 aromatic carbocycles. The van der Waals surface area contributed by atoms with Gasteiger partial charge >= 0.3 is 5.97 Å². The molecule has 8 heteroatoms. The highest BCUT2D eigenvalue weighted by atomic mass is 32.2. The average Bonchev–Trinajstić information content (AvgIpc) is 3.76. The van der Waals surface area contributed by atoms with Crippen LogP contribution < -0.4 is 9.04 Å². The second-order valence-electron chi connectivity index (χ2n) is 10.1. The Morgan fingerprint density at radius 1 is 1.06 bits per heavy atom. The molecule has 2 aliphatic heterocycles. The van der Waals surface area contributed by atoms with Crippen LogP contribution in [-0.2, 0) is 32.3 Å². The minimum absolute atomic E-state index is 0.0685. The lowest BCUT2D eigenvalue weighted by atomic mass is 9.93. The van der Waals surface area contributed by atoms with Crippen LogP contribution in [0.1, 0.15) is 60.5 Å². The predicted octanol–water partition coefficient (Wildman–Crippen LogP) is 4.76. The summed E-state index contributed by atoms with van der Waals surface area (Å²) in [5, 5.41) is 0. The van der Waals surface area contributed by atoms with Crippen molar-refractivity contribution in [2.45, 2.75) is 62.8 Å². The van der Waals surface area contributed by atoms with Gasteiger partial charge in [-0.05, 0) is 92.2 Å². The van der Waals surface area contributed by atoms with Crippen LogP contribution in [-0.4, -0.2) is 47.4 Å². The molecule has 1 saturated heterocycles. The van der Waals surface area contributed by atoms with Crippen LogP contribution in [0.5, 0.6) is 5.75 Å². The lowest BCUT2D eigenvalue weighted by molar-refractivity contribution is 0.0483. The molecule has 0 bridgehead atoms. The number of nitrogens with zero attached hydrogens (tertiary/aromatic N) is 1. The first kappa shape index (κ1) is 25.1. The van der Waals surface area contributed by atoms with E-state index in [1.165, 1.54) is 18.7 Å². The Morgan fingerprint density at radius 3 is 2.53 bits per heavy atom. The van der Waals surface area contributed by atoms with Gasteiger partial charge in [0.25, 0.3) is 10.0 Å². The van der Waals surface area contributed by atoms with Crippen LogP contribution in [0.2, 0.25) is 0 Å². The van der Waals surface area contributed by atoms with Crippen LogP contribution in [0, 0.1) is 11.8 Å². The fourth-order valence-corrected chi connectivity index (χ4v) is 7.19. The van der Waals surface area contributed by atoms with Gasteiger partial charge in [0.05, 0.1) is 24.3 Å². The molecule has 1 atom stereocenters. The maximum absolute atomic E-state index is 14.1. The number of hydrogen-bond acceptors (Lipinski definition) is 6. The summed E-state index contributed by atoms with van der Waals surface area (Å²) in [6, 6.07) is 10.6. The number of esters is 1. The lowest BCUT2D eigenvalue weighted by Gasteiger charge is -2.38. The van der Waals surface area contributed by atoms with Gasteiger partial charge in [0.2, 0.25) is 0 Å². The number of methoxy groups -OCH3 is 1. The fraction of sp³-hybridized carbons (Fsp3) is 0.536. The highest BCUT2D eigenvalue weighted by Gasteiger charge is 2.44. The first-order chi connectivity index (χ1) is 17.4. The third kappa shape index (κ3) is 4.98. The standard InChI is InChI=1S/C28H35NO6S/c1-3-19-4-9-26-22(16-19)7-10-25(21-5-6-21)29(26)36(31,32)23-8-11-27(24(17-23)28(30)33-2)35-18-20-12-14-34-15-13-20/h4,8-9,11,16-17,20-21,25H,3,5-7,10,12-15,18H2,1-2H3. The van der Waals surface area contributed by atoms with Crippen molar-refractivity contribution in [2.75, 3.05) is 31.2 Å². The molecule has 5 rings (SSSR count). The van der Waals surface area contributed by atoms with Gasteiger partial charge in [0.1, 0.15) is 11.3 Å². The number of aryl methyl sites for hydroxylation is 2. The number of fused-ring (bicyclic) bond motifs is 1. The second kappa shape index (κ2) is 10.4. The summed E-state index contributed by atoms with van der Waals surface area (Å²) in [4.78, 5) is 12.7. The Morgan fingerprint density at radius 2 is 1.83 bits per heavy atom. The molecule has 36 heavy (non-hydrogen) atoms. The van der Waals surface area contributed by atoms with Gasteiger partial charge in [0, 0.05) is 19.3 Å². The normalized spacial score (nSPS) is 20.6. The summed E-state index contributed by atoms with van der Waals surface area (Å²) in [5.74, 6) is 0.447. The highest BCUT2D eigenvalue weighted by Crippen LogP contribution is 2.45. The van der Waals surface area contributed by atoms with Crippen molar-refractivity contribution in [3.8, 4) is 5.75 Å². The van der Waals surface area contributed by atoms with Gasteiger partial charge in [-0.3, -0.25) is 4.31 Å². The molecule has 0 amide bonds. The van der Waals surface area contributed by atoms with Crippen molar-refractivity contribution in [2.24, 2.45) is 11.8 Å². The van der Waals surface area contributed by atoms with Gasteiger partial charge in [0.15, 0.2) is 0 Å². The second-order valence-corrected chi connectivity index (χ2v) is 11.9. The number of sulfonamides is 1. The maximum Gasteiger partial charge on any atom is 0.341 e. The Balaban J connectivity index is 1.49. The fourth-order valence-electron chi connectivity index (χ4n) is 5.39. The third-order valence-corrected chi connectivity index (χ3v) is 9.53. The van der Waals surface area contributed by atoms with Gasteiger partial charge in [-0.2, -0.15) is 0 Å². The van der Waals surface area contributed by atoms with Gasteiger partial charge < -0.3 is 14.2 Å². The summed E-state index contributed by atoms with van der Waals surface area (Å²) in [6.45, 7) is 3.96. The number of carbonyl (C=O) groups excluding carboxylic acids is 1. The predicted molar refractivity (Wildman–Crippen MR) is 137 cm³/mol. The molecular formula is C28H35NO6S. The minimum atomic E-state index is -3.91. The van der Waals surface area contributed by atoms with E-state index in [-0.39, 0.29) is 16.5 Å². The highest BCUT2D eigenvalue weighted by molar-refractivity contribution is 7.92. The van der Waals surface area contributed by atoms with Gasteiger partial charge in [-0.1, -0.05) is 19.1 Å². The molecule has 1 aliphatic carbocycles. The van der Waals surface area contributed by atoms with E-state index in [1.807, 2.05) is 12.1 Å². The van der Waals surface area contributed by atoms with Crippen molar-refractivity contribution in [3.05, 3.63) is 53.1 Å². The average molecular weight is 514 g/mol. The maximum atomic E-state index is 14.1. The summed E-state index contributed by atoms with van der Waals surface area (Å²) in [5.41, 5.74) is 3.16.